The second-order valence-corrected chi connectivity index (χ2v) is 4.65. The molecule has 0 aliphatic rings. The summed E-state index contributed by atoms with van der Waals surface area (Å²) in [7, 11) is 0. The number of pyridine rings is 1. The summed E-state index contributed by atoms with van der Waals surface area (Å²) in [6, 6.07) is 6.30. The van der Waals surface area contributed by atoms with Gasteiger partial charge in [-0.1, -0.05) is 6.07 Å². The van der Waals surface area contributed by atoms with Crippen LogP contribution < -0.4 is 10.5 Å². The van der Waals surface area contributed by atoms with Crippen molar-refractivity contribution in [3.05, 3.63) is 52.6 Å². The van der Waals surface area contributed by atoms with E-state index in [1.165, 1.54) is 6.07 Å². The Balaban J connectivity index is 2.47. The number of benzene rings is 1. The molecule has 1 aromatic heterocycles. The van der Waals surface area contributed by atoms with Crippen molar-refractivity contribution in [2.75, 3.05) is 0 Å². The zero-order valence-electron chi connectivity index (χ0n) is 11.6. The van der Waals surface area contributed by atoms with Gasteiger partial charge in [0, 0.05) is 17.8 Å². The number of nitrogens with two attached hydrogens (primary N) is 1. The number of nitrogens with zero attached hydrogens (tertiary/aromatic N) is 1. The van der Waals surface area contributed by atoms with Gasteiger partial charge in [0.2, 0.25) is 0 Å². The van der Waals surface area contributed by atoms with Crippen LogP contribution in [0.25, 0.3) is 0 Å². The van der Waals surface area contributed by atoms with Crippen LogP contribution in [-0.2, 0) is 0 Å². The van der Waals surface area contributed by atoms with Gasteiger partial charge in [0.25, 0.3) is 0 Å². The van der Waals surface area contributed by atoms with Gasteiger partial charge in [-0.25, -0.2) is 4.39 Å². The number of amidine groups is 1. The highest BCUT2D eigenvalue weighted by Crippen LogP contribution is 2.28. The van der Waals surface area contributed by atoms with Crippen LogP contribution in [0.4, 0.5) is 4.39 Å². The Bertz CT molecular complexity index is 683. The summed E-state index contributed by atoms with van der Waals surface area (Å²) in [5.74, 6) is 0.304. The fraction of sp³-hybridized carbons (Fsp3) is 0.200. The Morgan fingerprint density at radius 2 is 1.95 bits per heavy atom. The van der Waals surface area contributed by atoms with E-state index in [1.807, 2.05) is 6.92 Å². The van der Waals surface area contributed by atoms with Crippen LogP contribution in [0.2, 0.25) is 0 Å². The van der Waals surface area contributed by atoms with Crippen LogP contribution in [0, 0.1) is 32.0 Å². The first-order chi connectivity index (χ1) is 9.38. The minimum absolute atomic E-state index is 0.127. The smallest absolute Gasteiger partial charge is 0.141 e. The highest BCUT2D eigenvalue weighted by molar-refractivity contribution is 5.98. The van der Waals surface area contributed by atoms with Gasteiger partial charge in [-0.2, -0.15) is 0 Å². The van der Waals surface area contributed by atoms with E-state index in [9.17, 15) is 4.39 Å². The average molecular weight is 273 g/mol. The number of aryl methyl sites for hydroxylation is 3. The molecule has 2 aromatic rings. The molecular formula is C15H16FN3O. The third-order valence-electron chi connectivity index (χ3n) is 2.93. The van der Waals surface area contributed by atoms with E-state index in [4.69, 9.17) is 15.9 Å². The minimum Gasteiger partial charge on any atom is -0.456 e. The Morgan fingerprint density at radius 1 is 1.25 bits per heavy atom. The van der Waals surface area contributed by atoms with Gasteiger partial charge >= 0.3 is 0 Å². The number of rotatable bonds is 3. The molecule has 1 heterocycles. The summed E-state index contributed by atoms with van der Waals surface area (Å²) >= 11 is 0. The van der Waals surface area contributed by atoms with E-state index in [2.05, 4.69) is 4.98 Å². The standard InChI is InChI=1S/C15H16FN3O/c1-8-4-5-11(7-12(8)16)20-13-6-9(2)19-10(3)14(13)15(17)18/h4-7H,1-3H3,(H3,17,18). The average Bonchev–Trinajstić information content (AvgIpc) is 2.32. The summed E-state index contributed by atoms with van der Waals surface area (Å²) in [5.41, 5.74) is 7.89. The topological polar surface area (TPSA) is 72.0 Å². The third kappa shape index (κ3) is 2.77. The molecule has 2 rings (SSSR count). The third-order valence-corrected chi connectivity index (χ3v) is 2.93. The first-order valence-electron chi connectivity index (χ1n) is 6.15. The van der Waals surface area contributed by atoms with Crippen molar-refractivity contribution in [1.29, 1.82) is 5.41 Å². The molecule has 0 spiro atoms. The Morgan fingerprint density at radius 3 is 2.55 bits per heavy atom. The van der Waals surface area contributed by atoms with Crippen LogP contribution in [0.5, 0.6) is 11.5 Å². The Kier molecular flexibility index (Phi) is 3.70. The fourth-order valence-electron chi connectivity index (χ4n) is 1.97. The molecule has 0 atom stereocenters. The van der Waals surface area contributed by atoms with Crippen LogP contribution in [0.3, 0.4) is 0 Å². The molecule has 0 unspecified atom stereocenters. The van der Waals surface area contributed by atoms with E-state index in [0.29, 0.717) is 28.3 Å². The van der Waals surface area contributed by atoms with Crippen molar-refractivity contribution >= 4 is 5.84 Å². The second-order valence-electron chi connectivity index (χ2n) is 4.65. The van der Waals surface area contributed by atoms with E-state index in [0.717, 1.165) is 5.69 Å². The van der Waals surface area contributed by atoms with Gasteiger partial charge < -0.3 is 10.5 Å². The van der Waals surface area contributed by atoms with Gasteiger partial charge in [-0.3, -0.25) is 10.4 Å². The Hall–Kier alpha value is -2.43. The van der Waals surface area contributed by atoms with Crippen molar-refractivity contribution in [1.82, 2.24) is 4.98 Å². The minimum atomic E-state index is -0.339. The molecule has 0 aliphatic heterocycles. The fourth-order valence-corrected chi connectivity index (χ4v) is 1.97. The van der Waals surface area contributed by atoms with Gasteiger partial charge in [0.1, 0.15) is 23.2 Å². The number of nitrogen functional groups attached to an aromatic ring is 1. The predicted octanol–water partition coefficient (Wildman–Crippen LogP) is 3.22. The maximum Gasteiger partial charge on any atom is 0.141 e. The molecule has 0 saturated carbocycles. The van der Waals surface area contributed by atoms with E-state index in [1.54, 1.807) is 32.0 Å². The van der Waals surface area contributed by atoms with Crippen molar-refractivity contribution in [2.45, 2.75) is 20.8 Å². The number of ether oxygens (including phenoxy) is 1. The van der Waals surface area contributed by atoms with Crippen molar-refractivity contribution in [3.63, 3.8) is 0 Å². The molecular weight excluding hydrogens is 257 g/mol. The number of nitrogens with one attached hydrogen (secondary N) is 1. The normalized spacial score (nSPS) is 10.4. The van der Waals surface area contributed by atoms with Gasteiger partial charge in [-0.05, 0) is 32.4 Å². The lowest BCUT2D eigenvalue weighted by Gasteiger charge is -2.13. The molecule has 104 valence electrons. The highest BCUT2D eigenvalue weighted by Gasteiger charge is 2.14. The maximum atomic E-state index is 13.5. The highest BCUT2D eigenvalue weighted by atomic mass is 19.1. The second kappa shape index (κ2) is 5.28. The summed E-state index contributed by atoms with van der Waals surface area (Å²) in [6.07, 6.45) is 0. The number of hydrogen-bond donors (Lipinski definition) is 2. The van der Waals surface area contributed by atoms with E-state index in [-0.39, 0.29) is 11.7 Å². The maximum absolute atomic E-state index is 13.5. The lowest BCUT2D eigenvalue weighted by molar-refractivity contribution is 0.473. The van der Waals surface area contributed by atoms with Crippen molar-refractivity contribution < 1.29 is 9.13 Å². The molecule has 3 N–H and O–H groups in total. The molecule has 0 saturated heterocycles. The summed E-state index contributed by atoms with van der Waals surface area (Å²) in [6.45, 7) is 5.26. The lowest BCUT2D eigenvalue weighted by atomic mass is 10.1. The molecule has 0 bridgehead atoms. The molecule has 0 amide bonds. The summed E-state index contributed by atoms with van der Waals surface area (Å²) in [4.78, 5) is 4.25. The van der Waals surface area contributed by atoms with Crippen LogP contribution in [0.15, 0.2) is 24.3 Å². The molecule has 5 heteroatoms. The molecule has 20 heavy (non-hydrogen) atoms. The van der Waals surface area contributed by atoms with Crippen LogP contribution >= 0.6 is 0 Å². The number of aromatic nitrogens is 1. The van der Waals surface area contributed by atoms with Crippen LogP contribution in [-0.4, -0.2) is 10.8 Å². The van der Waals surface area contributed by atoms with Crippen molar-refractivity contribution in [3.8, 4) is 11.5 Å². The summed E-state index contributed by atoms with van der Waals surface area (Å²) in [5, 5.41) is 7.61. The quantitative estimate of drug-likeness (QED) is 0.666. The molecule has 0 fully saturated rings. The lowest BCUT2D eigenvalue weighted by Crippen LogP contribution is -2.15. The molecule has 1 aromatic carbocycles. The Labute approximate surface area is 116 Å². The first-order valence-corrected chi connectivity index (χ1v) is 6.15. The monoisotopic (exact) mass is 273 g/mol. The molecule has 4 nitrogen and oxygen atoms in total. The van der Waals surface area contributed by atoms with Crippen molar-refractivity contribution in [2.24, 2.45) is 5.73 Å². The number of hydrogen-bond acceptors (Lipinski definition) is 3. The van der Waals surface area contributed by atoms with Gasteiger partial charge in [0.15, 0.2) is 0 Å². The van der Waals surface area contributed by atoms with E-state index < -0.39 is 0 Å². The zero-order chi connectivity index (χ0) is 14.9. The zero-order valence-corrected chi connectivity index (χ0v) is 11.6. The number of halogens is 1. The first kappa shape index (κ1) is 14.0. The van der Waals surface area contributed by atoms with Gasteiger partial charge in [-0.15, -0.1) is 0 Å². The molecule has 0 aliphatic carbocycles. The summed E-state index contributed by atoms with van der Waals surface area (Å²) < 4.78 is 19.2. The van der Waals surface area contributed by atoms with Gasteiger partial charge in [0.05, 0.1) is 11.3 Å². The largest absolute Gasteiger partial charge is 0.456 e. The predicted molar refractivity (Wildman–Crippen MR) is 75.9 cm³/mol. The molecule has 0 radical (unpaired) electrons. The van der Waals surface area contributed by atoms with Crippen LogP contribution in [0.1, 0.15) is 22.5 Å². The van der Waals surface area contributed by atoms with E-state index >= 15 is 0 Å². The SMILES string of the molecule is Cc1cc(Oc2ccc(C)c(F)c2)c(C(=N)N)c(C)n1.